The molecule has 6 heteroatoms. The van der Waals surface area contributed by atoms with Crippen LogP contribution in [0.2, 0.25) is 0 Å². The Morgan fingerprint density at radius 3 is 2.53 bits per heavy atom. The first-order valence-corrected chi connectivity index (χ1v) is 8.98. The highest BCUT2D eigenvalue weighted by molar-refractivity contribution is 8.00. The molecule has 0 fully saturated rings. The van der Waals surface area contributed by atoms with E-state index in [4.69, 9.17) is 0 Å². The van der Waals surface area contributed by atoms with Gasteiger partial charge in [-0.1, -0.05) is 30.3 Å². The normalized spacial score (nSPS) is 11.9. The summed E-state index contributed by atoms with van der Waals surface area (Å²) in [4.78, 5) is 0.373. The summed E-state index contributed by atoms with van der Waals surface area (Å²) >= 11 is 3.13. The first kappa shape index (κ1) is 14.6. The Morgan fingerprint density at radius 2 is 1.89 bits per heavy atom. The van der Waals surface area contributed by atoms with Gasteiger partial charge in [-0.25, -0.2) is 12.7 Å². The number of hydrogen-bond donors (Lipinski definition) is 0. The van der Waals surface area contributed by atoms with Crippen molar-refractivity contribution in [1.29, 1.82) is 0 Å². The maximum Gasteiger partial charge on any atom is 0.243 e. The lowest BCUT2D eigenvalue weighted by Gasteiger charge is -2.08. The van der Waals surface area contributed by atoms with E-state index >= 15 is 0 Å². The Morgan fingerprint density at radius 1 is 1.21 bits per heavy atom. The van der Waals surface area contributed by atoms with Crippen molar-refractivity contribution >= 4 is 33.1 Å². The molecule has 1 aromatic heterocycles. The standard InChI is InChI=1S/C13H15NO2S3/c1-14(2)19(15,16)12-8-13(18-10-12)17-9-11-6-4-3-5-7-11/h3-8,10H,9H2,1-2H3. The van der Waals surface area contributed by atoms with Crippen LogP contribution in [-0.2, 0) is 15.8 Å². The molecule has 0 amide bonds. The van der Waals surface area contributed by atoms with Crippen LogP contribution in [0.15, 0.2) is 50.9 Å². The fourth-order valence-electron chi connectivity index (χ4n) is 1.45. The highest BCUT2D eigenvalue weighted by atomic mass is 32.2. The minimum atomic E-state index is -3.31. The molecule has 0 N–H and O–H groups in total. The molecule has 2 rings (SSSR count). The fraction of sp³-hybridized carbons (Fsp3) is 0.231. The average Bonchev–Trinajstić information content (AvgIpc) is 2.87. The SMILES string of the molecule is CN(C)S(=O)(=O)c1csc(SCc2ccccc2)c1. The van der Waals surface area contributed by atoms with Crippen molar-refractivity contribution in [3.8, 4) is 0 Å². The smallest absolute Gasteiger partial charge is 0.207 e. The topological polar surface area (TPSA) is 37.4 Å². The largest absolute Gasteiger partial charge is 0.243 e. The van der Waals surface area contributed by atoms with Gasteiger partial charge >= 0.3 is 0 Å². The molecule has 19 heavy (non-hydrogen) atoms. The third-order valence-corrected chi connectivity index (χ3v) is 6.74. The van der Waals surface area contributed by atoms with Crippen LogP contribution < -0.4 is 0 Å². The Bertz CT molecular complexity index is 633. The second-order valence-electron chi connectivity index (χ2n) is 4.16. The van der Waals surface area contributed by atoms with E-state index in [9.17, 15) is 8.42 Å². The molecule has 102 valence electrons. The van der Waals surface area contributed by atoms with Crippen molar-refractivity contribution in [3.05, 3.63) is 47.3 Å². The Balaban J connectivity index is 2.06. The summed E-state index contributed by atoms with van der Waals surface area (Å²) in [6.07, 6.45) is 0. The van der Waals surface area contributed by atoms with E-state index < -0.39 is 10.0 Å². The predicted octanol–water partition coefficient (Wildman–Crippen LogP) is 3.29. The van der Waals surface area contributed by atoms with Crippen LogP contribution in [0.4, 0.5) is 0 Å². The number of thiophene rings is 1. The van der Waals surface area contributed by atoms with E-state index in [1.807, 2.05) is 18.2 Å². The number of rotatable bonds is 5. The van der Waals surface area contributed by atoms with Gasteiger partial charge in [-0.05, 0) is 11.6 Å². The summed E-state index contributed by atoms with van der Waals surface area (Å²) in [6, 6.07) is 11.9. The molecule has 0 saturated carbocycles. The quantitative estimate of drug-likeness (QED) is 0.795. The highest BCUT2D eigenvalue weighted by Crippen LogP contribution is 2.31. The fourth-order valence-corrected chi connectivity index (χ4v) is 4.72. The van der Waals surface area contributed by atoms with E-state index in [0.29, 0.717) is 4.90 Å². The predicted molar refractivity (Wildman–Crippen MR) is 81.2 cm³/mol. The monoisotopic (exact) mass is 313 g/mol. The van der Waals surface area contributed by atoms with Gasteiger partial charge < -0.3 is 0 Å². The van der Waals surface area contributed by atoms with Gasteiger partial charge in [-0.3, -0.25) is 0 Å². The molecule has 0 bridgehead atoms. The highest BCUT2D eigenvalue weighted by Gasteiger charge is 2.18. The van der Waals surface area contributed by atoms with Gasteiger partial charge in [-0.15, -0.1) is 23.1 Å². The van der Waals surface area contributed by atoms with E-state index in [2.05, 4.69) is 12.1 Å². The van der Waals surface area contributed by atoms with Crippen molar-refractivity contribution in [3.63, 3.8) is 0 Å². The minimum absolute atomic E-state index is 0.373. The molecular weight excluding hydrogens is 298 g/mol. The second-order valence-corrected chi connectivity index (χ2v) is 8.50. The summed E-state index contributed by atoms with van der Waals surface area (Å²) in [7, 11) is -0.218. The first-order chi connectivity index (χ1) is 9.00. The molecule has 0 spiro atoms. The van der Waals surface area contributed by atoms with Crippen LogP contribution in [-0.4, -0.2) is 26.8 Å². The van der Waals surface area contributed by atoms with Crippen molar-refractivity contribution in [2.45, 2.75) is 14.9 Å². The zero-order chi connectivity index (χ0) is 13.9. The molecule has 2 aromatic rings. The van der Waals surface area contributed by atoms with Crippen molar-refractivity contribution in [2.75, 3.05) is 14.1 Å². The van der Waals surface area contributed by atoms with Crippen LogP contribution >= 0.6 is 23.1 Å². The van der Waals surface area contributed by atoms with Gasteiger partial charge in [0.15, 0.2) is 0 Å². The Labute approximate surface area is 122 Å². The van der Waals surface area contributed by atoms with E-state index in [0.717, 1.165) is 9.96 Å². The van der Waals surface area contributed by atoms with Crippen LogP contribution in [0.5, 0.6) is 0 Å². The molecule has 1 aromatic carbocycles. The third-order valence-electron chi connectivity index (χ3n) is 2.55. The van der Waals surface area contributed by atoms with Gasteiger partial charge in [0, 0.05) is 25.2 Å². The summed E-state index contributed by atoms with van der Waals surface area (Å²) in [6.45, 7) is 0. The van der Waals surface area contributed by atoms with Gasteiger partial charge in [0.25, 0.3) is 0 Å². The lowest BCUT2D eigenvalue weighted by atomic mass is 10.2. The van der Waals surface area contributed by atoms with Gasteiger partial charge in [-0.2, -0.15) is 0 Å². The van der Waals surface area contributed by atoms with Gasteiger partial charge in [0.2, 0.25) is 10.0 Å². The number of nitrogens with zero attached hydrogens (tertiary/aromatic N) is 1. The molecule has 0 aliphatic carbocycles. The number of hydrogen-bond acceptors (Lipinski definition) is 4. The second kappa shape index (κ2) is 6.09. The molecule has 1 heterocycles. The molecule has 0 aliphatic rings. The zero-order valence-corrected chi connectivity index (χ0v) is 13.2. The molecule has 0 atom stereocenters. The van der Waals surface area contributed by atoms with Crippen molar-refractivity contribution < 1.29 is 8.42 Å². The van der Waals surface area contributed by atoms with E-state index in [1.54, 1.807) is 37.3 Å². The van der Waals surface area contributed by atoms with Crippen molar-refractivity contribution in [2.24, 2.45) is 0 Å². The van der Waals surface area contributed by atoms with E-state index in [1.165, 1.54) is 21.2 Å². The maximum atomic E-state index is 11.9. The lowest BCUT2D eigenvalue weighted by molar-refractivity contribution is 0.521. The molecule has 0 aliphatic heterocycles. The van der Waals surface area contributed by atoms with Crippen molar-refractivity contribution in [1.82, 2.24) is 4.31 Å². The summed E-state index contributed by atoms with van der Waals surface area (Å²) in [5.41, 5.74) is 1.23. The summed E-state index contributed by atoms with van der Waals surface area (Å²) < 4.78 is 26.1. The van der Waals surface area contributed by atoms with E-state index in [-0.39, 0.29) is 0 Å². The third kappa shape index (κ3) is 3.60. The minimum Gasteiger partial charge on any atom is -0.207 e. The molecule has 3 nitrogen and oxygen atoms in total. The number of benzene rings is 1. The molecule has 0 unspecified atom stereocenters. The van der Waals surface area contributed by atoms with Gasteiger partial charge in [0.05, 0.1) is 9.10 Å². The summed E-state index contributed by atoms with van der Waals surface area (Å²) in [5.74, 6) is 0.850. The maximum absolute atomic E-state index is 11.9. The Hall–Kier alpha value is -0.820. The zero-order valence-electron chi connectivity index (χ0n) is 10.7. The number of sulfonamides is 1. The average molecular weight is 313 g/mol. The van der Waals surface area contributed by atoms with Gasteiger partial charge in [0.1, 0.15) is 0 Å². The molecule has 0 saturated heterocycles. The Kier molecular flexibility index (Phi) is 4.67. The first-order valence-electron chi connectivity index (χ1n) is 5.68. The van der Waals surface area contributed by atoms with Crippen LogP contribution in [0.3, 0.4) is 0 Å². The molecule has 0 radical (unpaired) electrons. The number of thioether (sulfide) groups is 1. The lowest BCUT2D eigenvalue weighted by Crippen LogP contribution is -2.21. The van der Waals surface area contributed by atoms with Crippen LogP contribution in [0, 0.1) is 0 Å². The van der Waals surface area contributed by atoms with Crippen LogP contribution in [0.25, 0.3) is 0 Å². The van der Waals surface area contributed by atoms with Crippen LogP contribution in [0.1, 0.15) is 5.56 Å². The molecular formula is C13H15NO2S3. The summed E-state index contributed by atoms with van der Waals surface area (Å²) in [5, 5.41) is 1.70.